The Morgan fingerprint density at radius 1 is 1.17 bits per heavy atom. The summed E-state index contributed by atoms with van der Waals surface area (Å²) in [4.78, 5) is 8.55. The van der Waals surface area contributed by atoms with E-state index in [1.807, 2.05) is 24.4 Å². The molecule has 0 saturated carbocycles. The fraction of sp³-hybridized carbons (Fsp3) is 0.250. The van der Waals surface area contributed by atoms with Gasteiger partial charge in [-0.1, -0.05) is 42.0 Å². The first-order valence-electron chi connectivity index (χ1n) is 6.25. The third-order valence-corrected chi connectivity index (χ3v) is 2.81. The Kier molecular flexibility index (Phi) is 4.24. The molecular weight excluding hydrogens is 220 g/mol. The van der Waals surface area contributed by atoms with Gasteiger partial charge in [0.1, 0.15) is 6.33 Å². The van der Waals surface area contributed by atoms with Gasteiger partial charge in [0.05, 0.1) is 5.69 Å². The molecule has 0 fully saturated rings. The van der Waals surface area contributed by atoms with Gasteiger partial charge >= 0.3 is 0 Å². The van der Waals surface area contributed by atoms with Gasteiger partial charge in [-0.25, -0.2) is 9.97 Å². The van der Waals surface area contributed by atoms with Crippen LogP contribution in [0.25, 0.3) is 11.1 Å². The van der Waals surface area contributed by atoms with Crippen molar-refractivity contribution in [2.45, 2.75) is 26.7 Å². The number of benzene rings is 1. The summed E-state index contributed by atoms with van der Waals surface area (Å²) >= 11 is 0. The Labute approximate surface area is 108 Å². The highest BCUT2D eigenvalue weighted by Gasteiger charge is 2.05. The minimum absolute atomic E-state index is 0.956. The van der Waals surface area contributed by atoms with Crippen LogP contribution in [0, 0.1) is 0 Å². The summed E-state index contributed by atoms with van der Waals surface area (Å²) in [5.74, 6) is 0. The van der Waals surface area contributed by atoms with Crippen molar-refractivity contribution >= 4 is 0 Å². The lowest BCUT2D eigenvalue weighted by Gasteiger charge is -2.06. The monoisotopic (exact) mass is 238 g/mol. The molecule has 0 N–H and O–H groups in total. The van der Waals surface area contributed by atoms with Gasteiger partial charge in [0.15, 0.2) is 0 Å². The number of rotatable bonds is 4. The molecular formula is C16H18N2. The zero-order valence-electron chi connectivity index (χ0n) is 10.9. The van der Waals surface area contributed by atoms with Crippen LogP contribution in [0.3, 0.4) is 0 Å². The molecule has 18 heavy (non-hydrogen) atoms. The van der Waals surface area contributed by atoms with Crippen molar-refractivity contribution in [3.63, 3.8) is 0 Å². The van der Waals surface area contributed by atoms with Gasteiger partial charge in [-0.2, -0.15) is 0 Å². The van der Waals surface area contributed by atoms with Crippen molar-refractivity contribution in [3.8, 4) is 11.1 Å². The van der Waals surface area contributed by atoms with Crippen LogP contribution in [0.4, 0.5) is 0 Å². The zero-order chi connectivity index (χ0) is 12.8. The second-order valence-corrected chi connectivity index (χ2v) is 4.57. The minimum Gasteiger partial charge on any atom is -0.244 e. The maximum atomic E-state index is 4.41. The van der Waals surface area contributed by atoms with Crippen LogP contribution < -0.4 is 0 Å². The number of aryl methyl sites for hydroxylation is 1. The molecule has 0 spiro atoms. The van der Waals surface area contributed by atoms with E-state index in [1.165, 1.54) is 11.1 Å². The van der Waals surface area contributed by atoms with E-state index in [9.17, 15) is 0 Å². The van der Waals surface area contributed by atoms with E-state index in [-0.39, 0.29) is 0 Å². The number of hydrogen-bond acceptors (Lipinski definition) is 2. The summed E-state index contributed by atoms with van der Waals surface area (Å²) in [6.07, 6.45) is 7.76. The third-order valence-electron chi connectivity index (χ3n) is 2.81. The molecule has 1 aromatic carbocycles. The smallest absolute Gasteiger partial charge is 0.115 e. The van der Waals surface area contributed by atoms with Crippen molar-refractivity contribution in [2.75, 3.05) is 0 Å². The van der Waals surface area contributed by atoms with E-state index in [0.29, 0.717) is 0 Å². The quantitative estimate of drug-likeness (QED) is 0.751. The highest BCUT2D eigenvalue weighted by molar-refractivity contribution is 5.64. The topological polar surface area (TPSA) is 25.8 Å². The number of aromatic nitrogens is 2. The molecule has 2 aromatic rings. The lowest BCUT2D eigenvalue weighted by molar-refractivity contribution is 0.923. The standard InChI is InChI=1S/C16H18N2/c1-13(2)7-6-10-16-15(11-17-12-18-16)14-8-4-3-5-9-14/h3-5,7-9,11-12H,6,10H2,1-2H3. The predicted molar refractivity (Wildman–Crippen MR) is 75.2 cm³/mol. The molecule has 1 heterocycles. The Morgan fingerprint density at radius 3 is 2.67 bits per heavy atom. The molecule has 2 nitrogen and oxygen atoms in total. The van der Waals surface area contributed by atoms with Gasteiger partial charge in [-0.05, 0) is 32.3 Å². The average Bonchev–Trinajstić information content (AvgIpc) is 2.40. The van der Waals surface area contributed by atoms with E-state index in [0.717, 1.165) is 24.1 Å². The Morgan fingerprint density at radius 2 is 1.94 bits per heavy atom. The Bertz CT molecular complexity index is 526. The van der Waals surface area contributed by atoms with Gasteiger partial charge in [-0.3, -0.25) is 0 Å². The lowest BCUT2D eigenvalue weighted by atomic mass is 10.0. The molecule has 0 bridgehead atoms. The van der Waals surface area contributed by atoms with E-state index in [1.54, 1.807) is 6.33 Å². The summed E-state index contributed by atoms with van der Waals surface area (Å²) in [6, 6.07) is 10.3. The highest BCUT2D eigenvalue weighted by atomic mass is 14.8. The third kappa shape index (κ3) is 3.27. The van der Waals surface area contributed by atoms with Crippen LogP contribution >= 0.6 is 0 Å². The van der Waals surface area contributed by atoms with Crippen LogP contribution in [0.1, 0.15) is 26.0 Å². The first-order chi connectivity index (χ1) is 8.77. The van der Waals surface area contributed by atoms with Crippen molar-refractivity contribution < 1.29 is 0 Å². The van der Waals surface area contributed by atoms with E-state index in [4.69, 9.17) is 0 Å². The fourth-order valence-electron chi connectivity index (χ4n) is 1.91. The minimum atomic E-state index is 0.956. The number of nitrogens with zero attached hydrogens (tertiary/aromatic N) is 2. The van der Waals surface area contributed by atoms with Gasteiger partial charge in [0.2, 0.25) is 0 Å². The van der Waals surface area contributed by atoms with Crippen molar-refractivity contribution in [2.24, 2.45) is 0 Å². The summed E-state index contributed by atoms with van der Waals surface area (Å²) in [5, 5.41) is 0. The van der Waals surface area contributed by atoms with E-state index < -0.39 is 0 Å². The molecule has 0 atom stereocenters. The van der Waals surface area contributed by atoms with Crippen molar-refractivity contribution in [1.29, 1.82) is 0 Å². The van der Waals surface area contributed by atoms with Gasteiger partial charge in [0.25, 0.3) is 0 Å². The van der Waals surface area contributed by atoms with Crippen LogP contribution in [0.15, 0.2) is 54.5 Å². The van der Waals surface area contributed by atoms with Crippen LogP contribution in [-0.2, 0) is 6.42 Å². The molecule has 0 saturated heterocycles. The molecule has 92 valence electrons. The zero-order valence-corrected chi connectivity index (χ0v) is 10.9. The maximum Gasteiger partial charge on any atom is 0.115 e. The molecule has 0 aliphatic carbocycles. The first kappa shape index (κ1) is 12.5. The van der Waals surface area contributed by atoms with Crippen LogP contribution in [0.5, 0.6) is 0 Å². The molecule has 2 heteroatoms. The largest absolute Gasteiger partial charge is 0.244 e. The molecule has 0 unspecified atom stereocenters. The van der Waals surface area contributed by atoms with Gasteiger partial charge in [0, 0.05) is 11.8 Å². The second-order valence-electron chi connectivity index (χ2n) is 4.57. The highest BCUT2D eigenvalue weighted by Crippen LogP contribution is 2.21. The number of allylic oxidation sites excluding steroid dienone is 2. The molecule has 0 aliphatic rings. The summed E-state index contributed by atoms with van der Waals surface area (Å²) in [7, 11) is 0. The van der Waals surface area contributed by atoms with E-state index in [2.05, 4.69) is 42.0 Å². The second kappa shape index (κ2) is 6.10. The number of hydrogen-bond donors (Lipinski definition) is 0. The predicted octanol–water partition coefficient (Wildman–Crippen LogP) is 4.04. The van der Waals surface area contributed by atoms with Crippen molar-refractivity contribution in [3.05, 3.63) is 60.2 Å². The van der Waals surface area contributed by atoms with Crippen molar-refractivity contribution in [1.82, 2.24) is 9.97 Å². The SMILES string of the molecule is CC(C)=CCCc1ncncc1-c1ccccc1. The molecule has 0 aliphatic heterocycles. The van der Waals surface area contributed by atoms with Crippen LogP contribution in [0.2, 0.25) is 0 Å². The lowest BCUT2D eigenvalue weighted by Crippen LogP contribution is -1.95. The maximum absolute atomic E-state index is 4.41. The summed E-state index contributed by atoms with van der Waals surface area (Å²) in [5.41, 5.74) is 4.80. The van der Waals surface area contributed by atoms with Gasteiger partial charge < -0.3 is 0 Å². The molecule has 1 aromatic heterocycles. The molecule has 2 rings (SSSR count). The summed E-state index contributed by atoms with van der Waals surface area (Å²) in [6.45, 7) is 4.25. The molecule has 0 radical (unpaired) electrons. The first-order valence-corrected chi connectivity index (χ1v) is 6.25. The Balaban J connectivity index is 2.24. The fourth-order valence-corrected chi connectivity index (χ4v) is 1.91. The summed E-state index contributed by atoms with van der Waals surface area (Å²) < 4.78 is 0. The normalized spacial score (nSPS) is 10.1. The Hall–Kier alpha value is -1.96. The van der Waals surface area contributed by atoms with Gasteiger partial charge in [-0.15, -0.1) is 0 Å². The average molecular weight is 238 g/mol. The molecule has 0 amide bonds. The van der Waals surface area contributed by atoms with E-state index >= 15 is 0 Å². The van der Waals surface area contributed by atoms with Crippen LogP contribution in [-0.4, -0.2) is 9.97 Å².